The van der Waals surface area contributed by atoms with Gasteiger partial charge in [0.1, 0.15) is 0 Å². The van der Waals surface area contributed by atoms with E-state index >= 15 is 0 Å². The van der Waals surface area contributed by atoms with Crippen LogP contribution in [0.2, 0.25) is 0 Å². The number of nitrogens with zero attached hydrogens (tertiary/aromatic N) is 2. The molecule has 0 unspecified atom stereocenters. The van der Waals surface area contributed by atoms with Crippen molar-refractivity contribution in [2.75, 3.05) is 6.54 Å². The fraction of sp³-hybridized carbons (Fsp3) is 0.323. The summed E-state index contributed by atoms with van der Waals surface area (Å²) in [7, 11) is 0. The smallest absolute Gasteiger partial charge is 0.269 e. The lowest BCUT2D eigenvalue weighted by Gasteiger charge is -2.44. The number of carbonyl (C=O) groups is 1. The Morgan fingerprint density at radius 2 is 1.64 bits per heavy atom. The number of non-ortho nitro benzene ring substituents is 1. The third-order valence-corrected chi connectivity index (χ3v) is 8.55. The van der Waals surface area contributed by atoms with Crippen LogP contribution < -0.4 is 0 Å². The standard InChI is InChI=1S/C31H30N2O3/c34-30-25(20-22-10-3-1-4-11-22)15-8-18-31(30)28(23-12-5-2-6-13-23)27-17-9-19-32(27)29(31)24-14-7-16-26(21-24)33(35)36/h1-7,10-14,16,20-21,27-29H,8-9,15,17-19H2/b25-20+/t27-,28-,29-,31+/m0/s1. The van der Waals surface area contributed by atoms with E-state index in [2.05, 4.69) is 35.2 Å². The average molecular weight is 479 g/mol. The van der Waals surface area contributed by atoms with Crippen molar-refractivity contribution in [1.29, 1.82) is 0 Å². The van der Waals surface area contributed by atoms with Crippen molar-refractivity contribution in [2.24, 2.45) is 5.41 Å². The SMILES string of the molecule is O=C1/C(=C/c2ccccc2)CCC[C@@]12[C@H](c1cccc([N+](=O)[O-])c1)N1CCC[C@H]1[C@@H]2c1ccccc1. The molecule has 0 N–H and O–H groups in total. The minimum Gasteiger partial charge on any atom is -0.294 e. The summed E-state index contributed by atoms with van der Waals surface area (Å²) >= 11 is 0. The highest BCUT2D eigenvalue weighted by molar-refractivity contribution is 6.05. The van der Waals surface area contributed by atoms with Crippen molar-refractivity contribution in [1.82, 2.24) is 4.90 Å². The third-order valence-electron chi connectivity index (χ3n) is 8.55. The molecule has 4 atom stereocenters. The summed E-state index contributed by atoms with van der Waals surface area (Å²) in [6, 6.07) is 27.7. The highest BCUT2D eigenvalue weighted by atomic mass is 16.6. The van der Waals surface area contributed by atoms with E-state index in [1.54, 1.807) is 18.2 Å². The first-order valence-electron chi connectivity index (χ1n) is 12.9. The van der Waals surface area contributed by atoms with Crippen LogP contribution in [0.25, 0.3) is 6.08 Å². The molecule has 1 aliphatic carbocycles. The first-order chi connectivity index (χ1) is 17.6. The van der Waals surface area contributed by atoms with Crippen molar-refractivity contribution in [2.45, 2.75) is 50.1 Å². The molecule has 182 valence electrons. The van der Waals surface area contributed by atoms with Gasteiger partial charge < -0.3 is 0 Å². The van der Waals surface area contributed by atoms with Gasteiger partial charge in [-0.15, -0.1) is 0 Å². The van der Waals surface area contributed by atoms with Gasteiger partial charge in [0.15, 0.2) is 5.78 Å². The molecule has 3 aliphatic rings. The summed E-state index contributed by atoms with van der Waals surface area (Å²) in [5.41, 5.74) is 3.45. The number of rotatable bonds is 4. The Kier molecular flexibility index (Phi) is 5.81. The van der Waals surface area contributed by atoms with Gasteiger partial charge >= 0.3 is 0 Å². The van der Waals surface area contributed by atoms with Crippen LogP contribution >= 0.6 is 0 Å². The maximum absolute atomic E-state index is 14.7. The molecule has 0 bridgehead atoms. The average Bonchev–Trinajstić information content (AvgIpc) is 3.46. The monoisotopic (exact) mass is 478 g/mol. The summed E-state index contributed by atoms with van der Waals surface area (Å²) in [5.74, 6) is 0.273. The van der Waals surface area contributed by atoms with Gasteiger partial charge in [-0.05, 0) is 67.0 Å². The fourth-order valence-corrected chi connectivity index (χ4v) is 7.32. The molecule has 36 heavy (non-hydrogen) atoms. The molecule has 0 amide bonds. The molecule has 3 fully saturated rings. The molecular weight excluding hydrogens is 448 g/mol. The second-order valence-corrected chi connectivity index (χ2v) is 10.4. The van der Waals surface area contributed by atoms with Gasteiger partial charge in [0.25, 0.3) is 5.69 Å². The molecular formula is C31H30N2O3. The molecule has 0 radical (unpaired) electrons. The lowest BCUT2D eigenvalue weighted by atomic mass is 9.57. The van der Waals surface area contributed by atoms with Crippen molar-refractivity contribution >= 4 is 17.5 Å². The van der Waals surface area contributed by atoms with Gasteiger partial charge in [0.2, 0.25) is 0 Å². The number of allylic oxidation sites excluding steroid dienone is 1. The van der Waals surface area contributed by atoms with Crippen LogP contribution in [-0.4, -0.2) is 28.2 Å². The Bertz CT molecular complexity index is 1320. The van der Waals surface area contributed by atoms with E-state index in [9.17, 15) is 14.9 Å². The van der Waals surface area contributed by atoms with E-state index < -0.39 is 5.41 Å². The molecule has 2 heterocycles. The Morgan fingerprint density at radius 1 is 0.917 bits per heavy atom. The number of Topliss-reactive ketones (excluding diaryl/α,β-unsaturated/α-hetero) is 1. The first-order valence-corrected chi connectivity index (χ1v) is 12.9. The number of fused-ring (bicyclic) bond motifs is 1. The molecule has 0 aromatic heterocycles. The largest absolute Gasteiger partial charge is 0.294 e. The van der Waals surface area contributed by atoms with E-state index in [0.717, 1.165) is 55.3 Å². The summed E-state index contributed by atoms with van der Waals surface area (Å²) < 4.78 is 0. The number of benzene rings is 3. The molecule has 2 aliphatic heterocycles. The normalized spacial score (nSPS) is 29.1. The number of carbonyl (C=O) groups excluding carboxylic acids is 1. The zero-order chi connectivity index (χ0) is 24.7. The van der Waals surface area contributed by atoms with Crippen molar-refractivity contribution < 1.29 is 9.72 Å². The van der Waals surface area contributed by atoms with Crippen LogP contribution in [0.15, 0.2) is 90.5 Å². The van der Waals surface area contributed by atoms with Crippen LogP contribution in [-0.2, 0) is 4.79 Å². The zero-order valence-electron chi connectivity index (χ0n) is 20.3. The molecule has 3 aromatic carbocycles. The number of nitro benzene ring substituents is 1. The van der Waals surface area contributed by atoms with Crippen molar-refractivity contribution in [3.05, 3.63) is 117 Å². The number of nitro groups is 1. The van der Waals surface area contributed by atoms with Crippen LogP contribution in [0.4, 0.5) is 5.69 Å². The molecule has 5 nitrogen and oxygen atoms in total. The van der Waals surface area contributed by atoms with Gasteiger partial charge in [-0.25, -0.2) is 0 Å². The Balaban J connectivity index is 1.56. The van der Waals surface area contributed by atoms with Crippen LogP contribution in [0.5, 0.6) is 0 Å². The van der Waals surface area contributed by atoms with Gasteiger partial charge in [-0.3, -0.25) is 19.8 Å². The van der Waals surface area contributed by atoms with Crippen molar-refractivity contribution in [3.8, 4) is 0 Å². The number of hydrogen-bond donors (Lipinski definition) is 0. The fourth-order valence-electron chi connectivity index (χ4n) is 7.32. The summed E-state index contributed by atoms with van der Waals surface area (Å²) in [5, 5.41) is 11.7. The number of ketones is 1. The molecule has 3 aromatic rings. The Labute approximate surface area is 211 Å². The molecule has 1 spiro atoms. The van der Waals surface area contributed by atoms with Crippen LogP contribution in [0.1, 0.15) is 60.8 Å². The minimum atomic E-state index is -0.652. The van der Waals surface area contributed by atoms with Crippen molar-refractivity contribution in [3.63, 3.8) is 0 Å². The first kappa shape index (κ1) is 22.9. The van der Waals surface area contributed by atoms with Gasteiger partial charge in [0, 0.05) is 30.1 Å². The lowest BCUT2D eigenvalue weighted by molar-refractivity contribution is -0.385. The highest BCUT2D eigenvalue weighted by Gasteiger charge is 2.65. The maximum Gasteiger partial charge on any atom is 0.269 e. The summed E-state index contributed by atoms with van der Waals surface area (Å²) in [4.78, 5) is 28.6. The molecule has 6 rings (SSSR count). The summed E-state index contributed by atoms with van der Waals surface area (Å²) in [6.07, 6.45) is 6.67. The molecule has 5 heteroatoms. The van der Waals surface area contributed by atoms with E-state index in [4.69, 9.17) is 0 Å². The van der Waals surface area contributed by atoms with E-state index in [0.29, 0.717) is 0 Å². The topological polar surface area (TPSA) is 63.4 Å². The van der Waals surface area contributed by atoms with E-state index in [-0.39, 0.29) is 34.4 Å². The zero-order valence-corrected chi connectivity index (χ0v) is 20.3. The van der Waals surface area contributed by atoms with E-state index in [1.807, 2.05) is 42.5 Å². The molecule has 2 saturated heterocycles. The Morgan fingerprint density at radius 3 is 2.39 bits per heavy atom. The van der Waals surface area contributed by atoms with Crippen LogP contribution in [0, 0.1) is 15.5 Å². The second kappa shape index (κ2) is 9.14. The second-order valence-electron chi connectivity index (χ2n) is 10.4. The third kappa shape index (κ3) is 3.61. The Hall–Kier alpha value is -3.57. The van der Waals surface area contributed by atoms with Gasteiger partial charge in [-0.2, -0.15) is 0 Å². The predicted octanol–water partition coefficient (Wildman–Crippen LogP) is 6.72. The number of hydrogen-bond acceptors (Lipinski definition) is 4. The maximum atomic E-state index is 14.7. The highest BCUT2D eigenvalue weighted by Crippen LogP contribution is 2.65. The predicted molar refractivity (Wildman–Crippen MR) is 140 cm³/mol. The molecule has 1 saturated carbocycles. The summed E-state index contributed by atoms with van der Waals surface area (Å²) in [6.45, 7) is 0.911. The van der Waals surface area contributed by atoms with E-state index in [1.165, 1.54) is 5.56 Å². The van der Waals surface area contributed by atoms with Crippen LogP contribution in [0.3, 0.4) is 0 Å². The lowest BCUT2D eigenvalue weighted by Crippen LogP contribution is -2.44. The van der Waals surface area contributed by atoms with Gasteiger partial charge in [0.05, 0.1) is 10.3 Å². The minimum absolute atomic E-state index is 0.0532. The van der Waals surface area contributed by atoms with Gasteiger partial charge in [-0.1, -0.05) is 72.8 Å². The quantitative estimate of drug-likeness (QED) is 0.237.